The number of carbonyl (C=O) groups excluding carboxylic acids is 3. The van der Waals surface area contributed by atoms with Crippen molar-refractivity contribution < 1.29 is 24.0 Å². The van der Waals surface area contributed by atoms with Gasteiger partial charge in [0.2, 0.25) is 0 Å². The SMILES string of the molecule is CC[C@@]1(c2ccccc2)NC(=O)N(NC(=O)c2ccc(OC)c([N+](=O)[O-])c2)C1=O. The molecule has 29 heavy (non-hydrogen) atoms. The van der Waals surface area contributed by atoms with Gasteiger partial charge in [-0.25, -0.2) is 4.79 Å². The molecule has 10 nitrogen and oxygen atoms in total. The second-order valence-electron chi connectivity index (χ2n) is 6.28. The van der Waals surface area contributed by atoms with E-state index in [9.17, 15) is 24.5 Å². The van der Waals surface area contributed by atoms with Crippen molar-refractivity contribution in [3.05, 3.63) is 69.8 Å². The second kappa shape index (κ2) is 7.58. The number of ether oxygens (including phenoxy) is 1. The number of nitro benzene ring substituents is 1. The zero-order chi connectivity index (χ0) is 21.2. The molecule has 0 radical (unpaired) electrons. The number of nitrogens with one attached hydrogen (secondary N) is 2. The molecular formula is C19H18N4O6. The van der Waals surface area contributed by atoms with Crippen molar-refractivity contribution in [2.45, 2.75) is 18.9 Å². The number of hydrazine groups is 1. The Balaban J connectivity index is 1.88. The molecule has 0 spiro atoms. The van der Waals surface area contributed by atoms with Gasteiger partial charge in [-0.1, -0.05) is 37.3 Å². The number of amides is 4. The van der Waals surface area contributed by atoms with Gasteiger partial charge in [-0.15, -0.1) is 0 Å². The summed E-state index contributed by atoms with van der Waals surface area (Å²) in [5.74, 6) is -1.51. The predicted molar refractivity (Wildman–Crippen MR) is 101 cm³/mol. The Bertz CT molecular complexity index is 993. The second-order valence-corrected chi connectivity index (χ2v) is 6.28. The zero-order valence-electron chi connectivity index (χ0n) is 15.7. The van der Waals surface area contributed by atoms with E-state index in [1.54, 1.807) is 37.3 Å². The molecule has 0 aromatic heterocycles. The highest BCUT2D eigenvalue weighted by Gasteiger charge is 2.52. The average Bonchev–Trinajstić information content (AvgIpc) is 2.98. The van der Waals surface area contributed by atoms with E-state index < -0.39 is 34.0 Å². The smallest absolute Gasteiger partial charge is 0.344 e. The molecule has 1 atom stereocenters. The van der Waals surface area contributed by atoms with Crippen molar-refractivity contribution in [1.82, 2.24) is 15.8 Å². The highest BCUT2D eigenvalue weighted by molar-refractivity contribution is 6.09. The molecule has 1 heterocycles. The zero-order valence-corrected chi connectivity index (χ0v) is 15.7. The van der Waals surface area contributed by atoms with E-state index in [4.69, 9.17) is 4.74 Å². The Kier molecular flexibility index (Phi) is 5.18. The Morgan fingerprint density at radius 1 is 1.24 bits per heavy atom. The van der Waals surface area contributed by atoms with Crippen LogP contribution in [0.5, 0.6) is 5.75 Å². The fourth-order valence-corrected chi connectivity index (χ4v) is 3.18. The van der Waals surface area contributed by atoms with Crippen molar-refractivity contribution in [1.29, 1.82) is 0 Å². The first-order chi connectivity index (χ1) is 13.8. The molecule has 2 aromatic carbocycles. The third-order valence-electron chi connectivity index (χ3n) is 4.74. The first-order valence-electron chi connectivity index (χ1n) is 8.69. The van der Waals surface area contributed by atoms with Crippen LogP contribution in [-0.4, -0.2) is 34.9 Å². The van der Waals surface area contributed by atoms with Crippen LogP contribution in [0.3, 0.4) is 0 Å². The fraction of sp³-hybridized carbons (Fsp3) is 0.211. The standard InChI is InChI=1S/C19H18N4O6/c1-3-19(13-7-5-4-6-8-13)17(25)22(18(26)20-19)21-16(24)12-9-10-15(29-2)14(11-12)23(27)28/h4-11H,3H2,1-2H3,(H,20,26)(H,21,24)/t19-/m0/s1. The molecule has 1 aliphatic rings. The molecular weight excluding hydrogens is 380 g/mol. The number of methoxy groups -OCH3 is 1. The summed E-state index contributed by atoms with van der Waals surface area (Å²) in [5.41, 5.74) is 0.982. The van der Waals surface area contributed by atoms with Crippen molar-refractivity contribution in [3.63, 3.8) is 0 Å². The average molecular weight is 398 g/mol. The first-order valence-corrected chi connectivity index (χ1v) is 8.69. The van der Waals surface area contributed by atoms with E-state index in [0.29, 0.717) is 10.6 Å². The molecule has 4 amide bonds. The monoisotopic (exact) mass is 398 g/mol. The summed E-state index contributed by atoms with van der Waals surface area (Å²) in [7, 11) is 1.27. The number of benzene rings is 2. The number of hydrogen-bond acceptors (Lipinski definition) is 6. The summed E-state index contributed by atoms with van der Waals surface area (Å²) in [6.45, 7) is 1.74. The van der Waals surface area contributed by atoms with Gasteiger partial charge in [0.15, 0.2) is 5.75 Å². The molecule has 0 bridgehead atoms. The Morgan fingerprint density at radius 2 is 1.93 bits per heavy atom. The maximum atomic E-state index is 13.0. The van der Waals surface area contributed by atoms with Crippen molar-refractivity contribution in [2.24, 2.45) is 0 Å². The molecule has 10 heteroatoms. The van der Waals surface area contributed by atoms with Gasteiger partial charge in [-0.2, -0.15) is 5.01 Å². The van der Waals surface area contributed by atoms with Gasteiger partial charge in [0, 0.05) is 11.6 Å². The van der Waals surface area contributed by atoms with Crippen LogP contribution < -0.4 is 15.5 Å². The predicted octanol–water partition coefficient (Wildman–Crippen LogP) is 2.11. The lowest BCUT2D eigenvalue weighted by Gasteiger charge is -2.25. The lowest BCUT2D eigenvalue weighted by molar-refractivity contribution is -0.385. The van der Waals surface area contributed by atoms with Crippen LogP contribution in [0.15, 0.2) is 48.5 Å². The number of carbonyl (C=O) groups is 3. The lowest BCUT2D eigenvalue weighted by atomic mass is 9.87. The van der Waals surface area contributed by atoms with Gasteiger partial charge < -0.3 is 10.1 Å². The summed E-state index contributed by atoms with van der Waals surface area (Å²) >= 11 is 0. The number of nitrogens with zero attached hydrogens (tertiary/aromatic N) is 2. The maximum absolute atomic E-state index is 13.0. The highest BCUT2D eigenvalue weighted by Crippen LogP contribution is 2.32. The van der Waals surface area contributed by atoms with Crippen molar-refractivity contribution in [3.8, 4) is 5.75 Å². The molecule has 1 fully saturated rings. The largest absolute Gasteiger partial charge is 0.490 e. The van der Waals surface area contributed by atoms with Gasteiger partial charge in [-0.3, -0.25) is 25.1 Å². The number of rotatable bonds is 6. The van der Waals surface area contributed by atoms with E-state index in [1.165, 1.54) is 19.2 Å². The molecule has 2 N–H and O–H groups in total. The van der Waals surface area contributed by atoms with Crippen LogP contribution in [-0.2, 0) is 10.3 Å². The molecule has 0 unspecified atom stereocenters. The van der Waals surface area contributed by atoms with Crippen molar-refractivity contribution >= 4 is 23.5 Å². The van der Waals surface area contributed by atoms with E-state index in [0.717, 1.165) is 6.07 Å². The molecule has 0 aliphatic carbocycles. The Hall–Kier alpha value is -3.95. The molecule has 150 valence electrons. The summed E-state index contributed by atoms with van der Waals surface area (Å²) in [5, 5.41) is 14.4. The molecule has 2 aromatic rings. The number of urea groups is 1. The van der Waals surface area contributed by atoms with Crippen LogP contribution in [0.2, 0.25) is 0 Å². The van der Waals surface area contributed by atoms with Crippen LogP contribution in [0.1, 0.15) is 29.3 Å². The molecule has 3 rings (SSSR count). The van der Waals surface area contributed by atoms with Gasteiger partial charge in [0.25, 0.3) is 11.8 Å². The maximum Gasteiger partial charge on any atom is 0.344 e. The van der Waals surface area contributed by atoms with Crippen LogP contribution >= 0.6 is 0 Å². The fourth-order valence-electron chi connectivity index (χ4n) is 3.18. The molecule has 1 aliphatic heterocycles. The van der Waals surface area contributed by atoms with E-state index in [1.807, 2.05) is 0 Å². The first kappa shape index (κ1) is 19.8. The topological polar surface area (TPSA) is 131 Å². The molecule has 1 saturated heterocycles. The third kappa shape index (κ3) is 3.35. The van der Waals surface area contributed by atoms with Crippen molar-refractivity contribution in [2.75, 3.05) is 7.11 Å². The van der Waals surface area contributed by atoms with Gasteiger partial charge >= 0.3 is 11.7 Å². The van der Waals surface area contributed by atoms with Crippen LogP contribution in [0.4, 0.5) is 10.5 Å². The van der Waals surface area contributed by atoms with E-state index in [2.05, 4.69) is 10.7 Å². The number of imide groups is 1. The summed E-state index contributed by atoms with van der Waals surface area (Å²) < 4.78 is 4.90. The van der Waals surface area contributed by atoms with Gasteiger partial charge in [0.1, 0.15) is 5.54 Å². The Labute approximate surface area is 165 Å². The lowest BCUT2D eigenvalue weighted by Crippen LogP contribution is -2.48. The number of nitro groups is 1. The van der Waals surface area contributed by atoms with E-state index >= 15 is 0 Å². The minimum atomic E-state index is -1.31. The number of hydrogen-bond donors (Lipinski definition) is 2. The highest BCUT2D eigenvalue weighted by atomic mass is 16.6. The minimum absolute atomic E-state index is 0.0179. The van der Waals surface area contributed by atoms with E-state index in [-0.39, 0.29) is 17.7 Å². The van der Waals surface area contributed by atoms with Crippen LogP contribution in [0.25, 0.3) is 0 Å². The van der Waals surface area contributed by atoms with Crippen LogP contribution in [0, 0.1) is 10.1 Å². The quantitative estimate of drug-likeness (QED) is 0.435. The normalized spacial score (nSPS) is 18.3. The van der Waals surface area contributed by atoms with Gasteiger partial charge in [0.05, 0.1) is 12.0 Å². The summed E-state index contributed by atoms with van der Waals surface area (Å²) in [6, 6.07) is 11.5. The van der Waals surface area contributed by atoms with Gasteiger partial charge in [-0.05, 0) is 24.1 Å². The summed E-state index contributed by atoms with van der Waals surface area (Å²) in [6.07, 6.45) is 0.266. The minimum Gasteiger partial charge on any atom is -0.490 e. The molecule has 0 saturated carbocycles. The Morgan fingerprint density at radius 3 is 2.52 bits per heavy atom. The third-order valence-corrected chi connectivity index (χ3v) is 4.74. The summed E-state index contributed by atoms with van der Waals surface area (Å²) in [4.78, 5) is 48.4.